The number of H-pyrrole nitrogens is 1. The summed E-state index contributed by atoms with van der Waals surface area (Å²) in [5, 5.41) is 7.32. The highest BCUT2D eigenvalue weighted by Gasteiger charge is 2.09. The van der Waals surface area contributed by atoms with Crippen LogP contribution in [0.5, 0.6) is 0 Å². The molecular weight excluding hydrogens is 202 g/mol. The molecule has 0 aliphatic rings. The van der Waals surface area contributed by atoms with E-state index in [2.05, 4.69) is 15.2 Å². The number of amides is 1. The molecule has 0 saturated heterocycles. The number of aromatic nitrogens is 3. The first kappa shape index (κ1) is 11.0. The summed E-state index contributed by atoms with van der Waals surface area (Å²) >= 11 is 1.45. The molecule has 1 heterocycles. The molecule has 0 aromatic carbocycles. The van der Waals surface area contributed by atoms with Crippen molar-refractivity contribution in [3.63, 3.8) is 0 Å². The fraction of sp³-hybridized carbons (Fsp3) is 0.571. The molecule has 6 nitrogen and oxygen atoms in total. The summed E-state index contributed by atoms with van der Waals surface area (Å²) in [5.74, 6) is 0.977. The van der Waals surface area contributed by atoms with Gasteiger partial charge in [-0.25, -0.2) is 4.98 Å². The number of hydrogen-bond donors (Lipinski definition) is 3. The zero-order valence-corrected chi connectivity index (χ0v) is 8.67. The summed E-state index contributed by atoms with van der Waals surface area (Å²) in [6.07, 6.45) is 0.535. The Balaban J connectivity index is 2.25. The minimum absolute atomic E-state index is 0.475. The molecule has 1 unspecified atom stereocenters. The van der Waals surface area contributed by atoms with Crippen LogP contribution in [0.1, 0.15) is 12.2 Å². The summed E-state index contributed by atoms with van der Waals surface area (Å²) in [7, 11) is 0. The van der Waals surface area contributed by atoms with Crippen LogP contribution in [0.2, 0.25) is 0 Å². The molecule has 5 N–H and O–H groups in total. The number of primary amides is 1. The average molecular weight is 215 g/mol. The van der Waals surface area contributed by atoms with Crippen LogP contribution in [0.25, 0.3) is 0 Å². The predicted molar refractivity (Wildman–Crippen MR) is 53.6 cm³/mol. The highest BCUT2D eigenvalue weighted by molar-refractivity contribution is 7.99. The van der Waals surface area contributed by atoms with Gasteiger partial charge in [-0.1, -0.05) is 11.8 Å². The zero-order valence-electron chi connectivity index (χ0n) is 7.86. The van der Waals surface area contributed by atoms with Gasteiger partial charge in [0, 0.05) is 5.75 Å². The third-order valence-electron chi connectivity index (χ3n) is 1.60. The second kappa shape index (κ2) is 4.97. The van der Waals surface area contributed by atoms with Crippen LogP contribution in [-0.4, -0.2) is 32.9 Å². The normalized spacial score (nSPS) is 12.7. The van der Waals surface area contributed by atoms with Gasteiger partial charge in [0.2, 0.25) is 11.1 Å². The fourth-order valence-electron chi connectivity index (χ4n) is 0.806. The summed E-state index contributed by atoms with van der Waals surface area (Å²) < 4.78 is 0. The number of nitrogens with zero attached hydrogens (tertiary/aromatic N) is 2. The van der Waals surface area contributed by atoms with Crippen LogP contribution in [0.3, 0.4) is 0 Å². The van der Waals surface area contributed by atoms with E-state index < -0.39 is 11.9 Å². The number of carbonyl (C=O) groups excluding carboxylic acids is 1. The van der Waals surface area contributed by atoms with Gasteiger partial charge in [0.25, 0.3) is 0 Å². The third kappa shape index (κ3) is 3.35. The molecule has 1 amide bonds. The van der Waals surface area contributed by atoms with Gasteiger partial charge < -0.3 is 11.5 Å². The quantitative estimate of drug-likeness (QED) is 0.568. The second-order valence-corrected chi connectivity index (χ2v) is 3.91. The fourth-order valence-corrected chi connectivity index (χ4v) is 1.67. The highest BCUT2D eigenvalue weighted by Crippen LogP contribution is 2.13. The van der Waals surface area contributed by atoms with E-state index in [0.29, 0.717) is 17.3 Å². The van der Waals surface area contributed by atoms with Crippen LogP contribution in [0.15, 0.2) is 5.16 Å². The number of hydrogen-bond acceptors (Lipinski definition) is 5. The Morgan fingerprint density at radius 3 is 2.93 bits per heavy atom. The van der Waals surface area contributed by atoms with E-state index in [9.17, 15) is 4.79 Å². The molecule has 0 saturated carbocycles. The largest absolute Gasteiger partial charge is 0.368 e. The standard InChI is InChI=1S/C7H13N5OS/c1-4-10-7(12-11-4)14-3-2-5(8)6(9)13/h5H,2-3,8H2,1H3,(H2,9,13)(H,10,11,12). The Bertz CT molecular complexity index is 313. The van der Waals surface area contributed by atoms with Crippen molar-refractivity contribution in [2.24, 2.45) is 11.5 Å². The predicted octanol–water partition coefficient (Wildman–Crippen LogP) is -0.592. The maximum absolute atomic E-state index is 10.6. The van der Waals surface area contributed by atoms with E-state index in [0.717, 1.165) is 5.82 Å². The van der Waals surface area contributed by atoms with Gasteiger partial charge in [-0.15, -0.1) is 5.10 Å². The van der Waals surface area contributed by atoms with Crippen molar-refractivity contribution in [1.82, 2.24) is 15.2 Å². The first-order valence-corrected chi connectivity index (χ1v) is 5.15. The molecule has 1 aromatic heterocycles. The van der Waals surface area contributed by atoms with Gasteiger partial charge in [0.05, 0.1) is 6.04 Å². The molecule has 1 rings (SSSR count). The lowest BCUT2D eigenvalue weighted by molar-refractivity contribution is -0.119. The Morgan fingerprint density at radius 2 is 2.43 bits per heavy atom. The Hall–Kier alpha value is -1.08. The third-order valence-corrected chi connectivity index (χ3v) is 2.48. The molecule has 0 aliphatic carbocycles. The highest BCUT2D eigenvalue weighted by atomic mass is 32.2. The summed E-state index contributed by atoms with van der Waals surface area (Å²) in [4.78, 5) is 14.7. The molecule has 0 fully saturated rings. The molecule has 0 spiro atoms. The number of nitrogens with two attached hydrogens (primary N) is 2. The minimum atomic E-state index is -0.581. The molecule has 78 valence electrons. The van der Waals surface area contributed by atoms with Crippen molar-refractivity contribution in [2.45, 2.75) is 24.5 Å². The second-order valence-electron chi connectivity index (χ2n) is 2.85. The van der Waals surface area contributed by atoms with E-state index >= 15 is 0 Å². The molecule has 0 bridgehead atoms. The van der Waals surface area contributed by atoms with Crippen LogP contribution < -0.4 is 11.5 Å². The number of thioether (sulfide) groups is 1. The van der Waals surface area contributed by atoms with Crippen molar-refractivity contribution in [2.75, 3.05) is 5.75 Å². The molecule has 1 atom stereocenters. The zero-order chi connectivity index (χ0) is 10.6. The van der Waals surface area contributed by atoms with Gasteiger partial charge in [0.1, 0.15) is 5.82 Å². The summed E-state index contributed by atoms with van der Waals surface area (Å²) in [6.45, 7) is 1.83. The molecule has 0 radical (unpaired) electrons. The van der Waals surface area contributed by atoms with Crippen LogP contribution >= 0.6 is 11.8 Å². The SMILES string of the molecule is Cc1nc(SCCC(N)C(N)=O)n[nH]1. The van der Waals surface area contributed by atoms with Gasteiger partial charge in [-0.05, 0) is 13.3 Å². The van der Waals surface area contributed by atoms with Crippen molar-refractivity contribution in [1.29, 1.82) is 0 Å². The molecular formula is C7H13N5OS. The Kier molecular flexibility index (Phi) is 3.90. The van der Waals surface area contributed by atoms with Gasteiger partial charge in [-0.2, -0.15) is 0 Å². The minimum Gasteiger partial charge on any atom is -0.368 e. The van der Waals surface area contributed by atoms with Crippen molar-refractivity contribution in [3.05, 3.63) is 5.82 Å². The lowest BCUT2D eigenvalue weighted by Gasteiger charge is -2.04. The Morgan fingerprint density at radius 1 is 1.71 bits per heavy atom. The number of carbonyl (C=O) groups is 1. The lowest BCUT2D eigenvalue weighted by atomic mass is 10.2. The van der Waals surface area contributed by atoms with Crippen molar-refractivity contribution >= 4 is 17.7 Å². The monoisotopic (exact) mass is 215 g/mol. The lowest BCUT2D eigenvalue weighted by Crippen LogP contribution is -2.36. The maximum atomic E-state index is 10.6. The van der Waals surface area contributed by atoms with Gasteiger partial charge in [-0.3, -0.25) is 9.89 Å². The van der Waals surface area contributed by atoms with Crippen molar-refractivity contribution in [3.8, 4) is 0 Å². The smallest absolute Gasteiger partial charge is 0.234 e. The maximum Gasteiger partial charge on any atom is 0.234 e. The first-order chi connectivity index (χ1) is 6.59. The van der Waals surface area contributed by atoms with Crippen molar-refractivity contribution < 1.29 is 4.79 Å². The number of nitrogens with one attached hydrogen (secondary N) is 1. The first-order valence-electron chi connectivity index (χ1n) is 4.16. The van der Waals surface area contributed by atoms with E-state index in [1.165, 1.54) is 11.8 Å². The van der Waals surface area contributed by atoms with E-state index in [1.807, 2.05) is 6.92 Å². The average Bonchev–Trinajstić information content (AvgIpc) is 2.51. The number of aromatic amines is 1. The van der Waals surface area contributed by atoms with Crippen LogP contribution in [0.4, 0.5) is 0 Å². The van der Waals surface area contributed by atoms with Crippen LogP contribution in [-0.2, 0) is 4.79 Å². The molecule has 1 aromatic rings. The molecule has 0 aliphatic heterocycles. The topological polar surface area (TPSA) is 111 Å². The molecule has 7 heteroatoms. The van der Waals surface area contributed by atoms with E-state index in [4.69, 9.17) is 11.5 Å². The summed E-state index contributed by atoms with van der Waals surface area (Å²) in [6, 6.07) is -0.581. The van der Waals surface area contributed by atoms with E-state index in [-0.39, 0.29) is 0 Å². The number of rotatable bonds is 5. The summed E-state index contributed by atoms with van der Waals surface area (Å²) in [5.41, 5.74) is 10.5. The Labute approximate surface area is 85.8 Å². The number of aryl methyl sites for hydroxylation is 1. The van der Waals surface area contributed by atoms with Crippen LogP contribution in [0, 0.1) is 6.92 Å². The molecule has 14 heavy (non-hydrogen) atoms. The van der Waals surface area contributed by atoms with Gasteiger partial charge >= 0.3 is 0 Å². The van der Waals surface area contributed by atoms with Gasteiger partial charge in [0.15, 0.2) is 0 Å². The van der Waals surface area contributed by atoms with E-state index in [1.54, 1.807) is 0 Å².